The summed E-state index contributed by atoms with van der Waals surface area (Å²) < 4.78 is 6.23. The van der Waals surface area contributed by atoms with Crippen molar-refractivity contribution in [3.8, 4) is 0 Å². The van der Waals surface area contributed by atoms with Gasteiger partial charge in [0, 0.05) is 9.90 Å². The second kappa shape index (κ2) is 7.13. The predicted octanol–water partition coefficient (Wildman–Crippen LogP) is 5.89. The van der Waals surface area contributed by atoms with Gasteiger partial charge in [-0.2, -0.15) is 0 Å². The second-order valence-corrected chi connectivity index (χ2v) is 7.59. The Morgan fingerprint density at radius 2 is 1.92 bits per heavy atom. The minimum absolute atomic E-state index is 0.176. The van der Waals surface area contributed by atoms with Crippen molar-refractivity contribution in [2.24, 2.45) is 0 Å². The monoisotopic (exact) mass is 423 g/mol. The lowest BCUT2D eigenvalue weighted by atomic mass is 10.0. The van der Waals surface area contributed by atoms with Gasteiger partial charge in [0.25, 0.3) is 5.91 Å². The van der Waals surface area contributed by atoms with Crippen molar-refractivity contribution in [1.29, 1.82) is 0 Å². The first kappa shape index (κ1) is 17.3. The van der Waals surface area contributed by atoms with Crippen molar-refractivity contribution < 1.29 is 9.21 Å². The summed E-state index contributed by atoms with van der Waals surface area (Å²) in [4.78, 5) is 13.9. The zero-order valence-corrected chi connectivity index (χ0v) is 16.3. The molecule has 0 saturated heterocycles. The fourth-order valence-electron chi connectivity index (χ4n) is 2.55. The molecule has 1 unspecified atom stereocenters. The molecule has 1 N–H and O–H groups in total. The van der Waals surface area contributed by atoms with Crippen molar-refractivity contribution in [3.05, 3.63) is 78.8 Å². The zero-order valence-electron chi connectivity index (χ0n) is 13.1. The normalized spacial score (nSPS) is 12.2. The van der Waals surface area contributed by atoms with Crippen LogP contribution in [0, 0.1) is 13.8 Å². The number of aryl methyl sites for hydroxylation is 2. The van der Waals surface area contributed by atoms with Crippen LogP contribution in [0.25, 0.3) is 0 Å². The molecular weight excluding hydrogens is 410 g/mol. The van der Waals surface area contributed by atoms with Crippen LogP contribution >= 0.6 is 38.9 Å². The number of benzene rings is 1. The van der Waals surface area contributed by atoms with Crippen molar-refractivity contribution in [3.63, 3.8) is 0 Å². The Kier molecular flexibility index (Phi) is 5.13. The average molecular weight is 425 g/mol. The van der Waals surface area contributed by atoms with Gasteiger partial charge in [0.15, 0.2) is 0 Å². The third kappa shape index (κ3) is 3.43. The summed E-state index contributed by atoms with van der Waals surface area (Å²) in [6.07, 6.45) is 0. The molecule has 2 heterocycles. The molecule has 1 aromatic carbocycles. The summed E-state index contributed by atoms with van der Waals surface area (Å²) >= 11 is 11.0. The Labute approximate surface area is 157 Å². The number of amides is 1. The molecule has 0 aliphatic heterocycles. The first-order chi connectivity index (χ1) is 11.5. The molecule has 0 saturated carbocycles. The topological polar surface area (TPSA) is 42.2 Å². The molecular formula is C18H15BrClNO2S. The highest BCUT2D eigenvalue weighted by molar-refractivity contribution is 9.10. The number of hydrogen-bond acceptors (Lipinski definition) is 3. The highest BCUT2D eigenvalue weighted by Gasteiger charge is 2.24. The number of carbonyl (C=O) groups is 1. The third-order valence-electron chi connectivity index (χ3n) is 3.72. The van der Waals surface area contributed by atoms with E-state index in [-0.39, 0.29) is 11.9 Å². The van der Waals surface area contributed by atoms with E-state index < -0.39 is 0 Å². The summed E-state index contributed by atoms with van der Waals surface area (Å²) in [5, 5.41) is 5.76. The van der Waals surface area contributed by atoms with Crippen molar-refractivity contribution in [2.75, 3.05) is 0 Å². The highest BCUT2D eigenvalue weighted by atomic mass is 79.9. The average Bonchev–Trinajstić information content (AvgIpc) is 3.15. The second-order valence-electron chi connectivity index (χ2n) is 5.38. The lowest BCUT2D eigenvalue weighted by molar-refractivity contribution is 0.0941. The van der Waals surface area contributed by atoms with E-state index in [1.165, 1.54) is 0 Å². The molecule has 3 rings (SSSR count). The largest absolute Gasteiger partial charge is 0.465 e. The van der Waals surface area contributed by atoms with E-state index in [1.54, 1.807) is 18.3 Å². The maximum absolute atomic E-state index is 12.8. The molecule has 0 radical (unpaired) electrons. The number of hydrogen-bond donors (Lipinski definition) is 1. The number of nitrogens with one attached hydrogen (secondary N) is 1. The van der Waals surface area contributed by atoms with E-state index in [0.29, 0.717) is 26.6 Å². The summed E-state index contributed by atoms with van der Waals surface area (Å²) in [6.45, 7) is 3.61. The molecule has 0 aliphatic rings. The number of thiophene rings is 1. The fraction of sp³-hybridized carbons (Fsp3) is 0.167. The molecule has 0 fully saturated rings. The van der Waals surface area contributed by atoms with E-state index in [4.69, 9.17) is 16.0 Å². The van der Waals surface area contributed by atoms with Crippen LogP contribution in [0.4, 0.5) is 0 Å². The van der Waals surface area contributed by atoms with Crippen LogP contribution in [0.5, 0.6) is 0 Å². The van der Waals surface area contributed by atoms with Gasteiger partial charge >= 0.3 is 0 Å². The van der Waals surface area contributed by atoms with Gasteiger partial charge in [-0.3, -0.25) is 4.79 Å². The first-order valence-electron chi connectivity index (χ1n) is 7.32. The van der Waals surface area contributed by atoms with E-state index in [1.807, 2.05) is 48.7 Å². The van der Waals surface area contributed by atoms with Crippen molar-refractivity contribution in [1.82, 2.24) is 5.32 Å². The minimum atomic E-state index is -0.240. The summed E-state index contributed by atoms with van der Waals surface area (Å²) in [5.74, 6) is 1.11. The molecule has 1 amide bonds. The quantitative estimate of drug-likeness (QED) is 0.567. The molecule has 124 valence electrons. The van der Waals surface area contributed by atoms with E-state index in [2.05, 4.69) is 21.2 Å². The van der Waals surface area contributed by atoms with Crippen LogP contribution < -0.4 is 5.32 Å². The van der Waals surface area contributed by atoms with Gasteiger partial charge in [-0.05, 0) is 58.9 Å². The van der Waals surface area contributed by atoms with Gasteiger partial charge in [-0.25, -0.2) is 0 Å². The fourth-order valence-corrected chi connectivity index (χ4v) is 4.02. The van der Waals surface area contributed by atoms with Gasteiger partial charge in [-0.1, -0.05) is 29.8 Å². The van der Waals surface area contributed by atoms with Crippen LogP contribution in [0.3, 0.4) is 0 Å². The summed E-state index contributed by atoms with van der Waals surface area (Å²) in [6, 6.07) is 11.2. The van der Waals surface area contributed by atoms with Crippen LogP contribution in [-0.4, -0.2) is 5.91 Å². The molecule has 0 bridgehead atoms. The lowest BCUT2D eigenvalue weighted by Crippen LogP contribution is -2.29. The summed E-state index contributed by atoms with van der Waals surface area (Å²) in [7, 11) is 0. The Hall–Kier alpha value is -1.56. The molecule has 0 aliphatic carbocycles. The van der Waals surface area contributed by atoms with Crippen molar-refractivity contribution in [2.45, 2.75) is 19.9 Å². The Bertz CT molecular complexity index is 856. The highest BCUT2D eigenvalue weighted by Crippen LogP contribution is 2.31. The first-order valence-corrected chi connectivity index (χ1v) is 9.37. The van der Waals surface area contributed by atoms with Crippen molar-refractivity contribution >= 4 is 44.8 Å². The Morgan fingerprint density at radius 3 is 2.46 bits per heavy atom. The number of rotatable bonds is 4. The van der Waals surface area contributed by atoms with Gasteiger partial charge in [-0.15, -0.1) is 11.3 Å². The predicted molar refractivity (Wildman–Crippen MR) is 101 cm³/mol. The molecule has 3 nitrogen and oxygen atoms in total. The van der Waals surface area contributed by atoms with Crippen LogP contribution in [0.2, 0.25) is 5.02 Å². The van der Waals surface area contributed by atoms with Gasteiger partial charge in [0.2, 0.25) is 0 Å². The maximum Gasteiger partial charge on any atom is 0.256 e. The molecule has 24 heavy (non-hydrogen) atoms. The zero-order chi connectivity index (χ0) is 17.3. The van der Waals surface area contributed by atoms with E-state index >= 15 is 0 Å². The van der Waals surface area contributed by atoms with Crippen LogP contribution in [-0.2, 0) is 0 Å². The number of furan rings is 1. The van der Waals surface area contributed by atoms with Gasteiger partial charge < -0.3 is 9.73 Å². The SMILES string of the molecule is Cc1oc(C)c(C(=O)NC(c2ccc(Cl)cc2)c2cccs2)c1Br. The van der Waals surface area contributed by atoms with Gasteiger partial charge in [0.05, 0.1) is 16.1 Å². The minimum Gasteiger partial charge on any atom is -0.465 e. The smallest absolute Gasteiger partial charge is 0.256 e. The third-order valence-corrected chi connectivity index (χ3v) is 5.86. The molecule has 2 aromatic heterocycles. The molecule has 1 atom stereocenters. The van der Waals surface area contributed by atoms with Gasteiger partial charge in [0.1, 0.15) is 11.5 Å². The van der Waals surface area contributed by atoms with Crippen LogP contribution in [0.15, 0.2) is 50.7 Å². The number of halogens is 2. The van der Waals surface area contributed by atoms with E-state index in [0.717, 1.165) is 10.4 Å². The van der Waals surface area contributed by atoms with E-state index in [9.17, 15) is 4.79 Å². The standard InChI is InChI=1S/C18H15BrClNO2S/c1-10-15(16(19)11(2)23-10)18(22)21-17(14-4-3-9-24-14)12-5-7-13(20)8-6-12/h3-9,17H,1-2H3,(H,21,22). The Morgan fingerprint density at radius 1 is 1.21 bits per heavy atom. The maximum atomic E-state index is 12.8. The molecule has 6 heteroatoms. The molecule has 0 spiro atoms. The molecule has 3 aromatic rings. The Balaban J connectivity index is 1.95. The summed E-state index contributed by atoms with van der Waals surface area (Å²) in [5.41, 5.74) is 1.51. The lowest BCUT2D eigenvalue weighted by Gasteiger charge is -2.18. The van der Waals surface area contributed by atoms with Crippen LogP contribution in [0.1, 0.15) is 38.4 Å². The number of carbonyl (C=O) groups excluding carboxylic acids is 1.